The highest BCUT2D eigenvalue weighted by Gasteiger charge is 2.52. The molecular formula is C19H23NO5. The minimum Gasteiger partial charge on any atom is -0.481 e. The van der Waals surface area contributed by atoms with Crippen LogP contribution >= 0.6 is 0 Å². The van der Waals surface area contributed by atoms with E-state index >= 15 is 0 Å². The molecule has 3 aliphatic rings. The predicted octanol–water partition coefficient (Wildman–Crippen LogP) is 2.31. The summed E-state index contributed by atoms with van der Waals surface area (Å²) in [5, 5.41) is 9.63. The van der Waals surface area contributed by atoms with Crippen LogP contribution in [0.4, 0.5) is 0 Å². The van der Waals surface area contributed by atoms with Crippen molar-refractivity contribution < 1.29 is 23.8 Å². The molecule has 1 aromatic rings. The summed E-state index contributed by atoms with van der Waals surface area (Å²) in [6.45, 7) is 1.57. The van der Waals surface area contributed by atoms with Crippen molar-refractivity contribution in [2.45, 2.75) is 31.9 Å². The highest BCUT2D eigenvalue weighted by atomic mass is 16.5. The van der Waals surface area contributed by atoms with Crippen molar-refractivity contribution in [3.8, 4) is 0 Å². The highest BCUT2D eigenvalue weighted by molar-refractivity contribution is 5.87. The molecular weight excluding hydrogens is 322 g/mol. The third-order valence-corrected chi connectivity index (χ3v) is 5.72. The molecule has 25 heavy (non-hydrogen) atoms. The standard InChI is InChI=1S/C19H23NO5/c21-18(16-12-5-6-13(9-12)17(16)19(22)23)20(10-14-3-1-7-24-14)11-15-4-2-8-25-15/h1,3,5-7,12-13,15-17H,2,4,8-11H2,(H,22,23)/t12-,13-,15+,16+,17-/m1/s1. The molecule has 4 rings (SSSR count). The fraction of sp³-hybridized carbons (Fsp3) is 0.579. The van der Waals surface area contributed by atoms with Crippen LogP contribution in [0.1, 0.15) is 25.0 Å². The van der Waals surface area contributed by atoms with Crippen molar-refractivity contribution in [2.24, 2.45) is 23.7 Å². The van der Waals surface area contributed by atoms with Crippen LogP contribution < -0.4 is 0 Å². The van der Waals surface area contributed by atoms with Crippen LogP contribution in [0.3, 0.4) is 0 Å². The van der Waals surface area contributed by atoms with E-state index in [0.717, 1.165) is 25.9 Å². The summed E-state index contributed by atoms with van der Waals surface area (Å²) in [6.07, 6.45) is 8.29. The van der Waals surface area contributed by atoms with Gasteiger partial charge in [-0.15, -0.1) is 0 Å². The number of carboxylic acid groups (broad SMARTS) is 1. The third kappa shape index (κ3) is 3.11. The second-order valence-corrected chi connectivity index (χ2v) is 7.27. The van der Waals surface area contributed by atoms with Gasteiger partial charge >= 0.3 is 5.97 Å². The molecule has 6 nitrogen and oxygen atoms in total. The largest absolute Gasteiger partial charge is 0.481 e. The fourth-order valence-electron chi connectivity index (χ4n) is 4.56. The predicted molar refractivity (Wildman–Crippen MR) is 88.5 cm³/mol. The van der Waals surface area contributed by atoms with Crippen molar-refractivity contribution in [2.75, 3.05) is 13.2 Å². The summed E-state index contributed by atoms with van der Waals surface area (Å²) in [4.78, 5) is 26.8. The summed E-state index contributed by atoms with van der Waals surface area (Å²) >= 11 is 0. The van der Waals surface area contributed by atoms with Crippen LogP contribution in [0.25, 0.3) is 0 Å². The molecule has 0 radical (unpaired) electrons. The first-order valence-corrected chi connectivity index (χ1v) is 8.97. The van der Waals surface area contributed by atoms with Gasteiger partial charge in [0.15, 0.2) is 0 Å². The van der Waals surface area contributed by atoms with E-state index in [4.69, 9.17) is 9.15 Å². The zero-order chi connectivity index (χ0) is 17.4. The van der Waals surface area contributed by atoms with Crippen molar-refractivity contribution in [1.82, 2.24) is 4.90 Å². The molecule has 1 aliphatic heterocycles. The zero-order valence-electron chi connectivity index (χ0n) is 14.0. The number of carbonyl (C=O) groups excluding carboxylic acids is 1. The molecule has 1 saturated carbocycles. The van der Waals surface area contributed by atoms with Gasteiger partial charge in [0.1, 0.15) is 5.76 Å². The Kier molecular flexibility index (Phi) is 4.37. The van der Waals surface area contributed by atoms with E-state index in [9.17, 15) is 14.7 Å². The molecule has 0 aromatic carbocycles. The SMILES string of the molecule is O=C(O)[C@H]1[C@@H](C(=O)N(Cc2ccco2)C[C@@H]2CCCO2)[C@@H]2C=C[C@@H]1C2. The summed E-state index contributed by atoms with van der Waals surface area (Å²) in [6, 6.07) is 3.63. The van der Waals surface area contributed by atoms with Crippen molar-refractivity contribution in [1.29, 1.82) is 0 Å². The van der Waals surface area contributed by atoms with E-state index in [1.165, 1.54) is 0 Å². The minimum absolute atomic E-state index is 0.0235. The quantitative estimate of drug-likeness (QED) is 0.800. The van der Waals surface area contributed by atoms with Crippen LogP contribution in [0.5, 0.6) is 0 Å². The smallest absolute Gasteiger partial charge is 0.307 e. The van der Waals surface area contributed by atoms with Gasteiger partial charge < -0.3 is 19.2 Å². The lowest BCUT2D eigenvalue weighted by Gasteiger charge is -2.31. The van der Waals surface area contributed by atoms with Crippen LogP contribution in [-0.4, -0.2) is 41.1 Å². The summed E-state index contributed by atoms with van der Waals surface area (Å²) < 4.78 is 11.1. The molecule has 6 heteroatoms. The Bertz CT molecular complexity index is 661. The van der Waals surface area contributed by atoms with Crippen LogP contribution in [0.2, 0.25) is 0 Å². The Hall–Kier alpha value is -2.08. The average Bonchev–Trinajstić information content (AvgIpc) is 3.36. The number of furan rings is 1. The summed E-state index contributed by atoms with van der Waals surface area (Å²) in [5.74, 6) is -1.35. The van der Waals surface area contributed by atoms with Gasteiger partial charge in [-0.1, -0.05) is 12.2 Å². The van der Waals surface area contributed by atoms with Gasteiger partial charge in [0.2, 0.25) is 5.91 Å². The maximum Gasteiger partial charge on any atom is 0.307 e. The number of nitrogens with zero attached hydrogens (tertiary/aromatic N) is 1. The zero-order valence-corrected chi connectivity index (χ0v) is 14.0. The maximum absolute atomic E-state index is 13.3. The Morgan fingerprint density at radius 2 is 2.04 bits per heavy atom. The van der Waals surface area contributed by atoms with Gasteiger partial charge in [-0.05, 0) is 43.2 Å². The Balaban J connectivity index is 1.55. The lowest BCUT2D eigenvalue weighted by Crippen LogP contribution is -2.45. The van der Waals surface area contributed by atoms with Gasteiger partial charge in [-0.3, -0.25) is 9.59 Å². The second kappa shape index (κ2) is 6.67. The van der Waals surface area contributed by atoms with E-state index in [-0.39, 0.29) is 23.8 Å². The minimum atomic E-state index is -0.870. The van der Waals surface area contributed by atoms with Crippen LogP contribution in [0.15, 0.2) is 35.0 Å². The number of fused-ring (bicyclic) bond motifs is 2. The fourth-order valence-corrected chi connectivity index (χ4v) is 4.56. The average molecular weight is 345 g/mol. The first kappa shape index (κ1) is 16.4. The van der Waals surface area contributed by atoms with Gasteiger partial charge in [0.05, 0.1) is 30.7 Å². The molecule has 5 atom stereocenters. The number of hydrogen-bond donors (Lipinski definition) is 1. The lowest BCUT2D eigenvalue weighted by atomic mass is 9.82. The summed E-state index contributed by atoms with van der Waals surface area (Å²) in [7, 11) is 0. The van der Waals surface area contributed by atoms with Crippen molar-refractivity contribution >= 4 is 11.9 Å². The van der Waals surface area contributed by atoms with E-state index in [2.05, 4.69) is 0 Å². The molecule has 1 N–H and O–H groups in total. The topological polar surface area (TPSA) is 80.0 Å². The Morgan fingerprint density at radius 1 is 1.24 bits per heavy atom. The van der Waals surface area contributed by atoms with Gasteiger partial charge in [0, 0.05) is 13.2 Å². The van der Waals surface area contributed by atoms with E-state index in [0.29, 0.717) is 18.8 Å². The molecule has 134 valence electrons. The second-order valence-electron chi connectivity index (χ2n) is 7.27. The molecule has 1 aromatic heterocycles. The number of hydrogen-bond acceptors (Lipinski definition) is 4. The highest BCUT2D eigenvalue weighted by Crippen LogP contribution is 2.49. The van der Waals surface area contributed by atoms with Gasteiger partial charge in [-0.2, -0.15) is 0 Å². The Labute approximate surface area is 146 Å². The number of aliphatic carboxylic acids is 1. The van der Waals surface area contributed by atoms with Crippen LogP contribution in [0, 0.1) is 23.7 Å². The first-order chi connectivity index (χ1) is 12.1. The monoisotopic (exact) mass is 345 g/mol. The Morgan fingerprint density at radius 3 is 2.68 bits per heavy atom. The van der Waals surface area contributed by atoms with Crippen molar-refractivity contribution in [3.63, 3.8) is 0 Å². The van der Waals surface area contributed by atoms with E-state index in [1.807, 2.05) is 18.2 Å². The van der Waals surface area contributed by atoms with Gasteiger partial charge in [0.25, 0.3) is 0 Å². The number of carbonyl (C=O) groups is 2. The maximum atomic E-state index is 13.3. The molecule has 2 fully saturated rings. The third-order valence-electron chi connectivity index (χ3n) is 5.72. The number of allylic oxidation sites excluding steroid dienone is 2. The van der Waals surface area contributed by atoms with Crippen LogP contribution in [-0.2, 0) is 20.9 Å². The molecule has 0 unspecified atom stereocenters. The molecule has 2 aliphatic carbocycles. The lowest BCUT2D eigenvalue weighted by molar-refractivity contribution is -0.152. The van der Waals surface area contributed by atoms with E-state index < -0.39 is 17.8 Å². The number of rotatable bonds is 6. The number of amides is 1. The summed E-state index contributed by atoms with van der Waals surface area (Å²) in [5.41, 5.74) is 0. The molecule has 2 bridgehead atoms. The number of ether oxygens (including phenoxy) is 1. The first-order valence-electron chi connectivity index (χ1n) is 8.97. The van der Waals surface area contributed by atoms with E-state index in [1.54, 1.807) is 17.2 Å². The number of carboxylic acids is 1. The van der Waals surface area contributed by atoms with Crippen molar-refractivity contribution in [3.05, 3.63) is 36.3 Å². The molecule has 1 amide bonds. The molecule has 1 saturated heterocycles. The molecule has 2 heterocycles. The molecule has 0 spiro atoms. The normalized spacial score (nSPS) is 33.0. The van der Waals surface area contributed by atoms with Gasteiger partial charge in [-0.25, -0.2) is 0 Å².